The van der Waals surface area contributed by atoms with Gasteiger partial charge in [0, 0.05) is 20.2 Å². The van der Waals surface area contributed by atoms with E-state index < -0.39 is 15.3 Å². The molecule has 0 spiro atoms. The molecule has 1 rings (SSSR count). The van der Waals surface area contributed by atoms with Gasteiger partial charge in [-0.15, -0.1) is 0 Å². The molecule has 0 amide bonds. The first-order chi connectivity index (χ1) is 5.99. The van der Waals surface area contributed by atoms with Crippen molar-refractivity contribution in [3.63, 3.8) is 0 Å². The van der Waals surface area contributed by atoms with Crippen molar-refractivity contribution in [3.05, 3.63) is 0 Å². The van der Waals surface area contributed by atoms with Crippen LogP contribution in [0.25, 0.3) is 0 Å². The number of likely N-dealkylation sites (tertiary alicyclic amines) is 1. The Morgan fingerprint density at radius 2 is 2.23 bits per heavy atom. The molecule has 0 radical (unpaired) electrons. The molecule has 1 fully saturated rings. The van der Waals surface area contributed by atoms with Gasteiger partial charge in [0.1, 0.15) is 5.25 Å². The van der Waals surface area contributed by atoms with Gasteiger partial charge in [-0.25, -0.2) is 13.6 Å². The summed E-state index contributed by atoms with van der Waals surface area (Å²) in [7, 11) is -1.96. The lowest BCUT2D eigenvalue weighted by molar-refractivity contribution is 0.112. The highest BCUT2D eigenvalue weighted by atomic mass is 127. The molecule has 0 aromatic heterocycles. The zero-order valence-corrected chi connectivity index (χ0v) is 10.3. The first kappa shape index (κ1) is 11.6. The number of ether oxygens (including phenoxy) is 1. The van der Waals surface area contributed by atoms with Gasteiger partial charge in [-0.2, -0.15) is 0 Å². The molecule has 7 heteroatoms. The fraction of sp³-hybridized carbons (Fsp3) is 1.00. The second kappa shape index (κ2) is 4.39. The largest absolute Gasteiger partial charge is 0.379 e. The number of halogens is 1. The Morgan fingerprint density at radius 1 is 1.62 bits per heavy atom. The van der Waals surface area contributed by atoms with E-state index in [-0.39, 0.29) is 6.10 Å². The van der Waals surface area contributed by atoms with E-state index in [4.69, 9.17) is 9.88 Å². The Balaban J connectivity index is 2.75. The van der Waals surface area contributed by atoms with Crippen LogP contribution in [-0.2, 0) is 14.8 Å². The van der Waals surface area contributed by atoms with Crippen molar-refractivity contribution in [2.24, 2.45) is 5.14 Å². The molecule has 13 heavy (non-hydrogen) atoms. The monoisotopic (exact) mass is 320 g/mol. The second-order valence-corrected chi connectivity index (χ2v) is 5.52. The summed E-state index contributed by atoms with van der Waals surface area (Å²) in [5.41, 5.74) is 0. The van der Waals surface area contributed by atoms with Crippen LogP contribution < -0.4 is 5.14 Å². The lowest BCUT2D eigenvalue weighted by atomic mass is 10.3. The highest BCUT2D eigenvalue weighted by Gasteiger charge is 2.39. The number of alkyl halides is 1. The van der Waals surface area contributed by atoms with E-state index in [2.05, 4.69) is 22.6 Å². The molecule has 1 heterocycles. The van der Waals surface area contributed by atoms with E-state index >= 15 is 0 Å². The summed E-state index contributed by atoms with van der Waals surface area (Å²) in [6.07, 6.45) is -0.287. The molecule has 2 N–H and O–H groups in total. The van der Waals surface area contributed by atoms with Gasteiger partial charge in [-0.3, -0.25) is 4.90 Å². The van der Waals surface area contributed by atoms with Crippen molar-refractivity contribution in [2.45, 2.75) is 11.4 Å². The van der Waals surface area contributed by atoms with Crippen LogP contribution in [0, 0.1) is 0 Å². The van der Waals surface area contributed by atoms with Crippen LogP contribution in [-0.4, -0.2) is 49.4 Å². The highest BCUT2D eigenvalue weighted by Crippen LogP contribution is 2.18. The quantitative estimate of drug-likeness (QED) is 0.427. The third-order valence-corrected chi connectivity index (χ3v) is 4.45. The first-order valence-corrected chi connectivity index (χ1v) is 6.95. The maximum atomic E-state index is 11.1. The number of primary sulfonamides is 1. The molecule has 1 saturated heterocycles. The molecule has 2 atom stereocenters. The zero-order valence-electron chi connectivity index (χ0n) is 7.31. The van der Waals surface area contributed by atoms with Gasteiger partial charge in [0.15, 0.2) is 0 Å². The minimum Gasteiger partial charge on any atom is -0.379 e. The molecule has 0 aromatic rings. The van der Waals surface area contributed by atoms with Gasteiger partial charge < -0.3 is 4.74 Å². The van der Waals surface area contributed by atoms with E-state index in [0.717, 1.165) is 4.55 Å². The van der Waals surface area contributed by atoms with Gasteiger partial charge >= 0.3 is 0 Å². The Hall–Kier alpha value is 0.560. The maximum absolute atomic E-state index is 11.1. The van der Waals surface area contributed by atoms with Crippen molar-refractivity contribution in [2.75, 3.05) is 24.8 Å². The number of nitrogens with two attached hydrogens (primary N) is 1. The van der Waals surface area contributed by atoms with E-state index in [0.29, 0.717) is 13.1 Å². The minimum absolute atomic E-state index is 0.287. The van der Waals surface area contributed by atoms with Crippen molar-refractivity contribution in [1.29, 1.82) is 0 Å². The van der Waals surface area contributed by atoms with Crippen LogP contribution in [0.3, 0.4) is 0 Å². The van der Waals surface area contributed by atoms with Gasteiger partial charge in [-0.05, 0) is 0 Å². The number of methoxy groups -OCH3 is 1. The molecule has 1 aliphatic rings. The van der Waals surface area contributed by atoms with Gasteiger partial charge in [0.2, 0.25) is 10.0 Å². The summed E-state index contributed by atoms with van der Waals surface area (Å²) in [5, 5.41) is 4.51. The van der Waals surface area contributed by atoms with Gasteiger partial charge in [0.05, 0.1) is 10.7 Å². The topological polar surface area (TPSA) is 72.6 Å². The van der Waals surface area contributed by atoms with Crippen LogP contribution in [0.5, 0.6) is 0 Å². The average Bonchev–Trinajstić information content (AvgIpc) is 2.46. The zero-order chi connectivity index (χ0) is 10.1. The third kappa shape index (κ3) is 2.75. The number of sulfonamides is 1. The highest BCUT2D eigenvalue weighted by molar-refractivity contribution is 14.1. The second-order valence-electron chi connectivity index (χ2n) is 3.06. The van der Waals surface area contributed by atoms with Crippen molar-refractivity contribution in [3.8, 4) is 0 Å². The van der Waals surface area contributed by atoms with Crippen molar-refractivity contribution in [1.82, 2.24) is 4.90 Å². The van der Waals surface area contributed by atoms with Gasteiger partial charge in [0.25, 0.3) is 0 Å². The van der Waals surface area contributed by atoms with E-state index in [1.54, 1.807) is 0 Å². The molecule has 5 nitrogen and oxygen atoms in total. The van der Waals surface area contributed by atoms with Gasteiger partial charge in [-0.1, -0.05) is 22.6 Å². The Morgan fingerprint density at radius 3 is 2.54 bits per heavy atom. The number of hydrogen-bond acceptors (Lipinski definition) is 4. The standard InChI is InChI=1S/C6H13IN2O3S/c1-12-5-2-9(4-7)3-6(5)13(8,10)11/h5-6H,2-4H2,1H3,(H2,8,10,11). The normalized spacial score (nSPS) is 31.0. The minimum atomic E-state index is -3.48. The lowest BCUT2D eigenvalue weighted by Gasteiger charge is -2.13. The molecule has 1 aliphatic heterocycles. The third-order valence-electron chi connectivity index (χ3n) is 2.18. The van der Waals surface area contributed by atoms with E-state index in [9.17, 15) is 8.42 Å². The molecule has 0 aromatic carbocycles. The first-order valence-electron chi connectivity index (χ1n) is 3.81. The molecular weight excluding hydrogens is 307 g/mol. The SMILES string of the molecule is COC1CN(CI)CC1S(N)(=O)=O. The fourth-order valence-corrected chi connectivity index (χ4v) is 3.05. The number of hydrogen-bond donors (Lipinski definition) is 1. The molecule has 78 valence electrons. The van der Waals surface area contributed by atoms with Crippen molar-refractivity contribution >= 4 is 32.6 Å². The molecule has 0 saturated carbocycles. The molecule has 0 bridgehead atoms. The van der Waals surface area contributed by atoms with Crippen molar-refractivity contribution < 1.29 is 13.2 Å². The van der Waals surface area contributed by atoms with Crippen LogP contribution in [0.2, 0.25) is 0 Å². The maximum Gasteiger partial charge on any atom is 0.215 e. The predicted molar refractivity (Wildman–Crippen MR) is 58.2 cm³/mol. The Labute approximate surface area is 91.8 Å². The summed E-state index contributed by atoms with van der Waals surface area (Å²) < 4.78 is 28.1. The van der Waals surface area contributed by atoms with Crippen LogP contribution in [0.1, 0.15) is 0 Å². The van der Waals surface area contributed by atoms with Crippen LogP contribution in [0.15, 0.2) is 0 Å². The Kier molecular flexibility index (Phi) is 3.93. The summed E-state index contributed by atoms with van der Waals surface area (Å²) >= 11 is 2.19. The summed E-state index contributed by atoms with van der Waals surface area (Å²) in [4.78, 5) is 2.00. The summed E-state index contributed by atoms with van der Waals surface area (Å²) in [6, 6.07) is 0. The predicted octanol–water partition coefficient (Wildman–Crippen LogP) is -0.633. The number of rotatable bonds is 3. The van der Waals surface area contributed by atoms with E-state index in [1.165, 1.54) is 7.11 Å². The lowest BCUT2D eigenvalue weighted by Crippen LogP contribution is -2.38. The molecule has 0 aliphatic carbocycles. The molecule has 2 unspecified atom stereocenters. The fourth-order valence-electron chi connectivity index (χ4n) is 1.46. The average molecular weight is 320 g/mol. The Bertz CT molecular complexity index is 269. The smallest absolute Gasteiger partial charge is 0.215 e. The molecular formula is C6H13IN2O3S. The number of nitrogens with zero attached hydrogens (tertiary/aromatic N) is 1. The van der Waals surface area contributed by atoms with E-state index in [1.807, 2.05) is 4.90 Å². The van der Waals surface area contributed by atoms with Crippen LogP contribution in [0.4, 0.5) is 0 Å². The summed E-state index contributed by atoms with van der Waals surface area (Å²) in [5.74, 6) is 0. The summed E-state index contributed by atoms with van der Waals surface area (Å²) in [6.45, 7) is 1.11. The van der Waals surface area contributed by atoms with Crippen LogP contribution >= 0.6 is 22.6 Å².